The average Bonchev–Trinajstić information content (AvgIpc) is 2.86. The standard InChI is InChI=1S/C28H36F3NO6/c1-3-36-25(26(33)34)20-22-10-14-23(15-11-22)37-19-18-32(17-7-5-4-6-16-28(29,30)31)27(35)38-24-12-8-21(2)9-13-24/h8-15,25H,3-7,16-20H2,1-2H3,(H,33,34). The number of rotatable bonds is 16. The lowest BCUT2D eigenvalue weighted by atomic mass is 10.1. The first-order valence-corrected chi connectivity index (χ1v) is 12.7. The van der Waals surface area contributed by atoms with Crippen molar-refractivity contribution in [3.05, 3.63) is 59.7 Å². The van der Waals surface area contributed by atoms with Gasteiger partial charge in [0.25, 0.3) is 0 Å². The number of unbranched alkanes of at least 4 members (excludes halogenated alkanes) is 3. The highest BCUT2D eigenvalue weighted by Crippen LogP contribution is 2.23. The molecule has 2 aromatic carbocycles. The van der Waals surface area contributed by atoms with Gasteiger partial charge in [-0.25, -0.2) is 9.59 Å². The van der Waals surface area contributed by atoms with Crippen LogP contribution in [0.5, 0.6) is 11.5 Å². The van der Waals surface area contributed by atoms with Crippen molar-refractivity contribution in [2.24, 2.45) is 0 Å². The monoisotopic (exact) mass is 539 g/mol. The van der Waals surface area contributed by atoms with Gasteiger partial charge in [-0.3, -0.25) is 0 Å². The van der Waals surface area contributed by atoms with Crippen LogP contribution in [0.4, 0.5) is 18.0 Å². The van der Waals surface area contributed by atoms with Crippen LogP contribution in [-0.4, -0.2) is 60.7 Å². The van der Waals surface area contributed by atoms with E-state index in [9.17, 15) is 27.9 Å². The van der Waals surface area contributed by atoms with Crippen molar-refractivity contribution in [3.8, 4) is 11.5 Å². The van der Waals surface area contributed by atoms with Gasteiger partial charge >= 0.3 is 18.2 Å². The summed E-state index contributed by atoms with van der Waals surface area (Å²) in [6.07, 6.45) is -4.62. The quantitative estimate of drug-likeness (QED) is 0.248. The Kier molecular flexibility index (Phi) is 12.9. The van der Waals surface area contributed by atoms with E-state index in [1.54, 1.807) is 43.3 Å². The minimum absolute atomic E-state index is 0.0637. The van der Waals surface area contributed by atoms with Gasteiger partial charge < -0.3 is 24.2 Å². The van der Waals surface area contributed by atoms with E-state index in [1.807, 2.05) is 19.1 Å². The van der Waals surface area contributed by atoms with E-state index in [1.165, 1.54) is 4.90 Å². The van der Waals surface area contributed by atoms with Crippen LogP contribution in [0.15, 0.2) is 48.5 Å². The van der Waals surface area contributed by atoms with E-state index < -0.39 is 30.8 Å². The molecule has 1 amide bonds. The van der Waals surface area contributed by atoms with Gasteiger partial charge in [0.15, 0.2) is 6.10 Å². The van der Waals surface area contributed by atoms with E-state index in [0.717, 1.165) is 11.1 Å². The van der Waals surface area contributed by atoms with Gasteiger partial charge in [-0.05, 0) is 56.5 Å². The molecule has 0 aromatic heterocycles. The molecule has 0 fully saturated rings. The Morgan fingerprint density at radius 1 is 0.921 bits per heavy atom. The highest BCUT2D eigenvalue weighted by atomic mass is 19.4. The fraction of sp³-hybridized carbons (Fsp3) is 0.500. The fourth-order valence-electron chi connectivity index (χ4n) is 3.68. The number of benzene rings is 2. The topological polar surface area (TPSA) is 85.3 Å². The minimum Gasteiger partial charge on any atom is -0.492 e. The van der Waals surface area contributed by atoms with E-state index >= 15 is 0 Å². The van der Waals surface area contributed by atoms with Crippen LogP contribution in [0.1, 0.15) is 50.2 Å². The van der Waals surface area contributed by atoms with Gasteiger partial charge in [0.1, 0.15) is 18.1 Å². The smallest absolute Gasteiger partial charge is 0.415 e. The number of hydrogen-bond donors (Lipinski definition) is 1. The summed E-state index contributed by atoms with van der Waals surface area (Å²) in [4.78, 5) is 25.6. The molecule has 1 unspecified atom stereocenters. The summed E-state index contributed by atoms with van der Waals surface area (Å²) in [6.45, 7) is 4.68. The summed E-state index contributed by atoms with van der Waals surface area (Å²) in [5, 5.41) is 9.24. The number of ether oxygens (including phenoxy) is 3. The summed E-state index contributed by atoms with van der Waals surface area (Å²) >= 11 is 0. The molecule has 0 spiro atoms. The van der Waals surface area contributed by atoms with E-state index in [2.05, 4.69) is 0 Å². The summed E-state index contributed by atoms with van der Waals surface area (Å²) in [6, 6.07) is 14.0. The predicted molar refractivity (Wildman–Crippen MR) is 137 cm³/mol. The SMILES string of the molecule is CCOC(Cc1ccc(OCCN(CCCCCCC(F)(F)F)C(=O)Oc2ccc(C)cc2)cc1)C(=O)O. The molecule has 38 heavy (non-hydrogen) atoms. The molecule has 0 aliphatic heterocycles. The molecule has 0 radical (unpaired) electrons. The van der Waals surface area contributed by atoms with Gasteiger partial charge in [-0.15, -0.1) is 0 Å². The number of halogens is 3. The number of aliphatic carboxylic acids is 1. The van der Waals surface area contributed by atoms with Gasteiger partial charge in [0.05, 0.1) is 6.54 Å². The molecule has 2 rings (SSSR count). The first-order chi connectivity index (χ1) is 18.1. The zero-order chi connectivity index (χ0) is 28.0. The number of carboxylic acid groups (broad SMARTS) is 1. The van der Waals surface area contributed by atoms with Crippen molar-refractivity contribution in [1.82, 2.24) is 4.90 Å². The first-order valence-electron chi connectivity index (χ1n) is 12.7. The number of carbonyl (C=O) groups is 2. The van der Waals surface area contributed by atoms with Crippen LogP contribution in [0.2, 0.25) is 0 Å². The molecule has 7 nitrogen and oxygen atoms in total. The van der Waals surface area contributed by atoms with Crippen molar-refractivity contribution in [2.45, 2.75) is 64.7 Å². The maximum Gasteiger partial charge on any atom is 0.415 e. The van der Waals surface area contributed by atoms with Crippen LogP contribution >= 0.6 is 0 Å². The van der Waals surface area contributed by atoms with Gasteiger partial charge in [-0.2, -0.15) is 13.2 Å². The molecule has 0 heterocycles. The van der Waals surface area contributed by atoms with Gasteiger partial charge in [-0.1, -0.05) is 42.7 Å². The normalized spacial score (nSPS) is 12.1. The van der Waals surface area contributed by atoms with E-state index in [-0.39, 0.29) is 26.0 Å². The second kappa shape index (κ2) is 15.9. The first kappa shape index (κ1) is 31.0. The Morgan fingerprint density at radius 3 is 2.16 bits per heavy atom. The Labute approximate surface area is 221 Å². The van der Waals surface area contributed by atoms with Crippen LogP contribution in [0.25, 0.3) is 0 Å². The average molecular weight is 540 g/mol. The molecule has 0 aliphatic carbocycles. The van der Waals surface area contributed by atoms with Crippen molar-refractivity contribution in [3.63, 3.8) is 0 Å². The van der Waals surface area contributed by atoms with Gasteiger partial charge in [0.2, 0.25) is 0 Å². The molecule has 0 aliphatic rings. The van der Waals surface area contributed by atoms with Gasteiger partial charge in [0, 0.05) is 26.0 Å². The molecule has 0 bridgehead atoms. The number of aryl methyl sites for hydroxylation is 1. The predicted octanol–water partition coefficient (Wildman–Crippen LogP) is 6.42. The second-order valence-electron chi connectivity index (χ2n) is 8.93. The molecule has 1 atom stereocenters. The summed E-state index contributed by atoms with van der Waals surface area (Å²) in [7, 11) is 0. The van der Waals surface area contributed by atoms with Crippen molar-refractivity contribution >= 4 is 12.1 Å². The Bertz CT molecular complexity index is 980. The number of carbonyl (C=O) groups excluding carboxylic acids is 1. The van der Waals surface area contributed by atoms with Crippen molar-refractivity contribution < 1.29 is 42.1 Å². The molecule has 2 aromatic rings. The lowest BCUT2D eigenvalue weighted by Crippen LogP contribution is -2.37. The van der Waals surface area contributed by atoms with Crippen LogP contribution in [0, 0.1) is 6.92 Å². The van der Waals surface area contributed by atoms with E-state index in [0.29, 0.717) is 43.9 Å². The zero-order valence-corrected chi connectivity index (χ0v) is 21.8. The van der Waals surface area contributed by atoms with Crippen LogP contribution in [-0.2, 0) is 16.0 Å². The maximum absolute atomic E-state index is 12.8. The number of carboxylic acids is 1. The third-order valence-corrected chi connectivity index (χ3v) is 5.74. The lowest BCUT2D eigenvalue weighted by molar-refractivity contribution is -0.150. The molecule has 1 N–H and O–H groups in total. The second-order valence-corrected chi connectivity index (χ2v) is 8.93. The highest BCUT2D eigenvalue weighted by Gasteiger charge is 2.25. The van der Waals surface area contributed by atoms with Crippen LogP contribution in [0.3, 0.4) is 0 Å². The minimum atomic E-state index is -4.15. The summed E-state index contributed by atoms with van der Waals surface area (Å²) in [5.41, 5.74) is 1.81. The largest absolute Gasteiger partial charge is 0.492 e. The Balaban J connectivity index is 1.89. The molecule has 210 valence electrons. The number of nitrogens with zero attached hydrogens (tertiary/aromatic N) is 1. The molecular weight excluding hydrogens is 503 g/mol. The fourth-order valence-corrected chi connectivity index (χ4v) is 3.68. The number of hydrogen-bond acceptors (Lipinski definition) is 5. The lowest BCUT2D eigenvalue weighted by Gasteiger charge is -2.22. The van der Waals surface area contributed by atoms with Crippen LogP contribution < -0.4 is 9.47 Å². The molecule has 0 saturated heterocycles. The molecule has 10 heteroatoms. The van der Waals surface area contributed by atoms with E-state index in [4.69, 9.17) is 14.2 Å². The highest BCUT2D eigenvalue weighted by molar-refractivity contribution is 5.72. The zero-order valence-electron chi connectivity index (χ0n) is 21.8. The number of amides is 1. The molecular formula is C28H36F3NO6. The Morgan fingerprint density at radius 2 is 1.55 bits per heavy atom. The summed E-state index contributed by atoms with van der Waals surface area (Å²) < 4.78 is 53.5. The van der Waals surface area contributed by atoms with Crippen molar-refractivity contribution in [1.29, 1.82) is 0 Å². The summed E-state index contributed by atoms with van der Waals surface area (Å²) in [5.74, 6) is -0.0693. The maximum atomic E-state index is 12.8. The Hall–Kier alpha value is -3.27. The third kappa shape index (κ3) is 12.3. The van der Waals surface area contributed by atoms with Crippen molar-refractivity contribution in [2.75, 3.05) is 26.3 Å². The third-order valence-electron chi connectivity index (χ3n) is 5.74. The molecule has 0 saturated carbocycles. The number of alkyl halides is 3.